The number of aliphatic hydroxyl groups excluding tert-OH is 2. The second-order valence-electron chi connectivity index (χ2n) is 4.94. The second-order valence-corrected chi connectivity index (χ2v) is 4.94. The van der Waals surface area contributed by atoms with E-state index in [0.717, 1.165) is 17.0 Å². The first-order valence-electron chi connectivity index (χ1n) is 6.27. The first-order chi connectivity index (χ1) is 9.49. The van der Waals surface area contributed by atoms with Crippen LogP contribution in [0.25, 0.3) is 0 Å². The van der Waals surface area contributed by atoms with Crippen molar-refractivity contribution in [2.75, 3.05) is 0 Å². The summed E-state index contributed by atoms with van der Waals surface area (Å²) in [5.74, 6) is -1.59. The largest absolute Gasteiger partial charge is 0.374 e. The Morgan fingerprint density at radius 2 is 2.00 bits per heavy atom. The Kier molecular flexibility index (Phi) is 2.95. The standard InChI is InChI=1S/C13H13FN2O4/c14-6-1-2-7-8(5-6)13(20)16(12(7)19)9-3-4-10(17)15-11(9)18/h1-2,5,9-10,13,17,20H,3-4H2,(H,15,18). The van der Waals surface area contributed by atoms with Crippen LogP contribution in [0.15, 0.2) is 18.2 Å². The van der Waals surface area contributed by atoms with Crippen molar-refractivity contribution < 1.29 is 24.2 Å². The van der Waals surface area contributed by atoms with Crippen molar-refractivity contribution in [1.29, 1.82) is 0 Å². The number of hydrogen-bond donors (Lipinski definition) is 3. The van der Waals surface area contributed by atoms with E-state index >= 15 is 0 Å². The molecule has 0 spiro atoms. The molecule has 1 saturated heterocycles. The summed E-state index contributed by atoms with van der Waals surface area (Å²) in [7, 11) is 0. The Balaban J connectivity index is 1.93. The maximum atomic E-state index is 13.2. The zero-order valence-corrected chi connectivity index (χ0v) is 10.4. The molecule has 0 aromatic heterocycles. The third-order valence-corrected chi connectivity index (χ3v) is 3.68. The number of amides is 2. The minimum absolute atomic E-state index is 0.161. The highest BCUT2D eigenvalue weighted by Crippen LogP contribution is 2.35. The Labute approximate surface area is 113 Å². The molecular formula is C13H13FN2O4. The predicted molar refractivity (Wildman–Crippen MR) is 64.7 cm³/mol. The lowest BCUT2D eigenvalue weighted by molar-refractivity contribution is -0.136. The molecular weight excluding hydrogens is 267 g/mol. The molecule has 0 aliphatic carbocycles. The van der Waals surface area contributed by atoms with Crippen LogP contribution >= 0.6 is 0 Å². The number of aliphatic hydroxyl groups is 2. The highest BCUT2D eigenvalue weighted by atomic mass is 19.1. The van der Waals surface area contributed by atoms with E-state index in [1.54, 1.807) is 0 Å². The number of nitrogens with one attached hydrogen (secondary N) is 1. The molecule has 6 nitrogen and oxygen atoms in total. The van der Waals surface area contributed by atoms with Crippen LogP contribution in [0.2, 0.25) is 0 Å². The Hall–Kier alpha value is -1.99. The lowest BCUT2D eigenvalue weighted by Gasteiger charge is -2.34. The Bertz CT molecular complexity index is 592. The third-order valence-electron chi connectivity index (χ3n) is 3.68. The molecule has 106 valence electrons. The molecule has 3 N–H and O–H groups in total. The highest BCUT2D eigenvalue weighted by molar-refractivity contribution is 6.01. The van der Waals surface area contributed by atoms with Crippen LogP contribution in [0, 0.1) is 5.82 Å². The van der Waals surface area contributed by atoms with Gasteiger partial charge in [0, 0.05) is 11.1 Å². The van der Waals surface area contributed by atoms with E-state index < -0.39 is 36.1 Å². The summed E-state index contributed by atoms with van der Waals surface area (Å²) in [6.07, 6.45) is -1.75. The molecule has 0 bridgehead atoms. The number of piperidine rings is 1. The van der Waals surface area contributed by atoms with Crippen molar-refractivity contribution >= 4 is 11.8 Å². The zero-order valence-electron chi connectivity index (χ0n) is 10.4. The summed E-state index contributed by atoms with van der Waals surface area (Å²) in [6, 6.07) is 2.66. The highest BCUT2D eigenvalue weighted by Gasteiger charge is 2.44. The number of benzene rings is 1. The zero-order chi connectivity index (χ0) is 14.4. The molecule has 3 atom stereocenters. The number of hydrogen-bond acceptors (Lipinski definition) is 4. The molecule has 2 aliphatic rings. The van der Waals surface area contributed by atoms with Crippen LogP contribution in [0.1, 0.15) is 35.0 Å². The van der Waals surface area contributed by atoms with Crippen molar-refractivity contribution in [3.63, 3.8) is 0 Å². The van der Waals surface area contributed by atoms with Crippen molar-refractivity contribution in [2.45, 2.75) is 31.3 Å². The van der Waals surface area contributed by atoms with Gasteiger partial charge in [0.05, 0.1) is 0 Å². The van der Waals surface area contributed by atoms with Crippen LogP contribution in [0.3, 0.4) is 0 Å². The smallest absolute Gasteiger partial charge is 0.257 e. The van der Waals surface area contributed by atoms with Crippen molar-refractivity contribution in [1.82, 2.24) is 10.2 Å². The summed E-state index contributed by atoms with van der Waals surface area (Å²) in [5, 5.41) is 21.8. The van der Waals surface area contributed by atoms with Crippen LogP contribution in [0.5, 0.6) is 0 Å². The van der Waals surface area contributed by atoms with Crippen LogP contribution in [-0.4, -0.2) is 39.2 Å². The lowest BCUT2D eigenvalue weighted by atomic mass is 10.0. The van der Waals surface area contributed by atoms with Crippen LogP contribution < -0.4 is 5.32 Å². The fourth-order valence-electron chi connectivity index (χ4n) is 2.70. The van der Waals surface area contributed by atoms with Gasteiger partial charge in [-0.3, -0.25) is 14.5 Å². The summed E-state index contributed by atoms with van der Waals surface area (Å²) < 4.78 is 13.2. The number of fused-ring (bicyclic) bond motifs is 1. The van der Waals surface area contributed by atoms with Gasteiger partial charge in [0.15, 0.2) is 6.23 Å². The van der Waals surface area contributed by atoms with E-state index in [1.807, 2.05) is 0 Å². The van der Waals surface area contributed by atoms with Gasteiger partial charge in [-0.2, -0.15) is 0 Å². The van der Waals surface area contributed by atoms with Gasteiger partial charge >= 0.3 is 0 Å². The van der Waals surface area contributed by atoms with Gasteiger partial charge in [0.1, 0.15) is 18.1 Å². The molecule has 1 fully saturated rings. The molecule has 1 aromatic carbocycles. The fourth-order valence-corrected chi connectivity index (χ4v) is 2.70. The number of halogens is 1. The van der Waals surface area contributed by atoms with E-state index in [0.29, 0.717) is 0 Å². The second kappa shape index (κ2) is 4.53. The minimum atomic E-state index is -1.35. The number of rotatable bonds is 1. The van der Waals surface area contributed by atoms with Gasteiger partial charge in [-0.25, -0.2) is 4.39 Å². The third kappa shape index (κ3) is 1.86. The number of nitrogens with zero attached hydrogens (tertiary/aromatic N) is 1. The molecule has 2 amide bonds. The first-order valence-corrected chi connectivity index (χ1v) is 6.27. The normalized spacial score (nSPS) is 29.4. The van der Waals surface area contributed by atoms with E-state index in [9.17, 15) is 24.2 Å². The van der Waals surface area contributed by atoms with Crippen molar-refractivity contribution in [2.24, 2.45) is 0 Å². The Morgan fingerprint density at radius 1 is 1.25 bits per heavy atom. The molecule has 2 heterocycles. The maximum absolute atomic E-state index is 13.2. The molecule has 0 saturated carbocycles. The van der Waals surface area contributed by atoms with Gasteiger partial charge in [0.25, 0.3) is 5.91 Å². The van der Waals surface area contributed by atoms with Crippen molar-refractivity contribution in [3.8, 4) is 0 Å². The molecule has 7 heteroatoms. The van der Waals surface area contributed by atoms with Gasteiger partial charge in [-0.1, -0.05) is 0 Å². The lowest BCUT2D eigenvalue weighted by Crippen LogP contribution is -2.54. The summed E-state index contributed by atoms with van der Waals surface area (Å²) >= 11 is 0. The average Bonchev–Trinajstić information content (AvgIpc) is 2.63. The van der Waals surface area contributed by atoms with Crippen LogP contribution in [0.4, 0.5) is 4.39 Å². The van der Waals surface area contributed by atoms with E-state index in [4.69, 9.17) is 0 Å². The van der Waals surface area contributed by atoms with E-state index in [-0.39, 0.29) is 24.0 Å². The van der Waals surface area contributed by atoms with E-state index in [2.05, 4.69) is 5.32 Å². The van der Waals surface area contributed by atoms with Gasteiger partial charge in [0.2, 0.25) is 5.91 Å². The van der Waals surface area contributed by atoms with Gasteiger partial charge in [-0.05, 0) is 31.0 Å². The van der Waals surface area contributed by atoms with Gasteiger partial charge < -0.3 is 15.5 Å². The first kappa shape index (κ1) is 13.0. The van der Waals surface area contributed by atoms with Crippen molar-refractivity contribution in [3.05, 3.63) is 35.1 Å². The molecule has 3 rings (SSSR count). The fraction of sp³-hybridized carbons (Fsp3) is 0.385. The summed E-state index contributed by atoms with van der Waals surface area (Å²) in [4.78, 5) is 25.1. The average molecular weight is 280 g/mol. The monoisotopic (exact) mass is 280 g/mol. The maximum Gasteiger partial charge on any atom is 0.257 e. The predicted octanol–water partition coefficient (Wildman–Crippen LogP) is -0.131. The molecule has 2 aliphatic heterocycles. The number of carbonyl (C=O) groups is 2. The molecule has 20 heavy (non-hydrogen) atoms. The van der Waals surface area contributed by atoms with Gasteiger partial charge in [-0.15, -0.1) is 0 Å². The topological polar surface area (TPSA) is 89.9 Å². The SMILES string of the molecule is O=C1NC(O)CCC1N1C(=O)c2ccc(F)cc2C1O. The molecule has 3 unspecified atom stereocenters. The summed E-state index contributed by atoms with van der Waals surface area (Å²) in [6.45, 7) is 0. The molecule has 1 aromatic rings. The quantitative estimate of drug-likeness (QED) is 0.668. The number of carbonyl (C=O) groups excluding carboxylic acids is 2. The van der Waals surface area contributed by atoms with Crippen LogP contribution in [-0.2, 0) is 4.79 Å². The summed E-state index contributed by atoms with van der Waals surface area (Å²) in [5.41, 5.74) is 0.353. The molecule has 0 radical (unpaired) electrons. The van der Waals surface area contributed by atoms with E-state index in [1.165, 1.54) is 6.07 Å². The Morgan fingerprint density at radius 3 is 2.70 bits per heavy atom. The minimum Gasteiger partial charge on any atom is -0.374 e.